The average Bonchev–Trinajstić information content (AvgIpc) is 2.92. The van der Waals surface area contributed by atoms with Crippen molar-refractivity contribution in [1.29, 1.82) is 0 Å². The van der Waals surface area contributed by atoms with E-state index in [4.69, 9.17) is 28.4 Å². The van der Waals surface area contributed by atoms with Crippen LogP contribution in [0, 0.1) is 0 Å². The van der Waals surface area contributed by atoms with Crippen LogP contribution < -0.4 is 0 Å². The number of ether oxygens (including phenoxy) is 6. The Labute approximate surface area is 235 Å². The number of hydrogen-bond donors (Lipinski definition) is 0. The Morgan fingerprint density at radius 2 is 0.684 bits per heavy atom. The second-order valence-electron chi connectivity index (χ2n) is 9.98. The Hall–Kier alpha value is -0.730. The lowest BCUT2D eigenvalue weighted by Crippen LogP contribution is -2.15. The van der Waals surface area contributed by atoms with Gasteiger partial charge in [-0.05, 0) is 12.8 Å². The fraction of sp³-hybridized carbons (Fsp3) is 0.968. The SMILES string of the molecule is CCCCCCCCCCCCOCCOCCOCCOCCOCCOC(=O)CCCCCCCC. The van der Waals surface area contributed by atoms with E-state index in [0.29, 0.717) is 72.5 Å². The highest BCUT2D eigenvalue weighted by Crippen LogP contribution is 2.10. The van der Waals surface area contributed by atoms with Gasteiger partial charge in [-0.25, -0.2) is 0 Å². The Morgan fingerprint density at radius 3 is 1.11 bits per heavy atom. The van der Waals surface area contributed by atoms with Crippen LogP contribution in [0.15, 0.2) is 0 Å². The van der Waals surface area contributed by atoms with Gasteiger partial charge in [0.1, 0.15) is 6.61 Å². The van der Waals surface area contributed by atoms with E-state index in [-0.39, 0.29) is 5.97 Å². The average molecular weight is 547 g/mol. The molecule has 0 fully saturated rings. The highest BCUT2D eigenvalue weighted by atomic mass is 16.6. The zero-order valence-electron chi connectivity index (χ0n) is 25.2. The molecular formula is C31H62O7. The zero-order valence-corrected chi connectivity index (χ0v) is 25.2. The van der Waals surface area contributed by atoms with Crippen molar-refractivity contribution in [2.75, 3.05) is 72.7 Å². The molecule has 0 aliphatic carbocycles. The van der Waals surface area contributed by atoms with Gasteiger partial charge in [-0.2, -0.15) is 0 Å². The number of carbonyl (C=O) groups excluding carboxylic acids is 1. The molecule has 0 aromatic rings. The number of hydrogen-bond acceptors (Lipinski definition) is 7. The van der Waals surface area contributed by atoms with Crippen LogP contribution in [0.2, 0.25) is 0 Å². The Bertz CT molecular complexity index is 448. The summed E-state index contributed by atoms with van der Waals surface area (Å²) in [5.74, 6) is -0.127. The predicted molar refractivity (Wildman–Crippen MR) is 155 cm³/mol. The second kappa shape index (κ2) is 34.3. The summed E-state index contributed by atoms with van der Waals surface area (Å²) in [6.45, 7) is 10.5. The van der Waals surface area contributed by atoms with Gasteiger partial charge in [0, 0.05) is 13.0 Å². The van der Waals surface area contributed by atoms with Gasteiger partial charge in [-0.1, -0.05) is 104 Å². The monoisotopic (exact) mass is 546 g/mol. The normalized spacial score (nSPS) is 11.3. The molecule has 7 heteroatoms. The molecule has 0 amide bonds. The van der Waals surface area contributed by atoms with Gasteiger partial charge in [-0.3, -0.25) is 4.79 Å². The van der Waals surface area contributed by atoms with E-state index < -0.39 is 0 Å². The van der Waals surface area contributed by atoms with E-state index in [1.165, 1.54) is 83.5 Å². The number of unbranched alkanes of at least 4 members (excludes halogenated alkanes) is 14. The third kappa shape index (κ3) is 33.3. The van der Waals surface area contributed by atoms with E-state index in [1.54, 1.807) is 0 Å². The minimum Gasteiger partial charge on any atom is -0.463 e. The van der Waals surface area contributed by atoms with Crippen LogP contribution in [0.1, 0.15) is 123 Å². The number of esters is 1. The molecule has 7 nitrogen and oxygen atoms in total. The van der Waals surface area contributed by atoms with Crippen molar-refractivity contribution >= 4 is 5.97 Å². The molecule has 0 saturated carbocycles. The van der Waals surface area contributed by atoms with E-state index in [1.807, 2.05) is 0 Å². The van der Waals surface area contributed by atoms with Crippen LogP contribution in [0.5, 0.6) is 0 Å². The van der Waals surface area contributed by atoms with Gasteiger partial charge >= 0.3 is 5.97 Å². The summed E-state index contributed by atoms with van der Waals surface area (Å²) in [7, 11) is 0. The van der Waals surface area contributed by atoms with Crippen molar-refractivity contribution in [3.8, 4) is 0 Å². The summed E-state index contributed by atoms with van der Waals surface area (Å²) >= 11 is 0. The number of carbonyl (C=O) groups is 1. The summed E-state index contributed by atoms with van der Waals surface area (Å²) in [6.07, 6.45) is 21.0. The summed E-state index contributed by atoms with van der Waals surface area (Å²) in [6, 6.07) is 0. The van der Waals surface area contributed by atoms with Gasteiger partial charge < -0.3 is 28.4 Å². The minimum absolute atomic E-state index is 0.127. The highest BCUT2D eigenvalue weighted by Gasteiger charge is 2.02. The first-order valence-corrected chi connectivity index (χ1v) is 15.9. The van der Waals surface area contributed by atoms with Crippen LogP contribution in [-0.2, 0) is 33.2 Å². The quantitative estimate of drug-likeness (QED) is 0.0632. The standard InChI is InChI=1S/C31H62O7/c1-3-5-7-9-11-12-13-14-16-18-20-33-21-22-34-23-24-35-25-26-36-27-28-37-29-30-38-31(32)19-17-15-10-8-6-4-2/h3-30H2,1-2H3. The van der Waals surface area contributed by atoms with Gasteiger partial charge in [0.05, 0.1) is 59.5 Å². The Kier molecular flexibility index (Phi) is 33.6. The van der Waals surface area contributed by atoms with Gasteiger partial charge in [-0.15, -0.1) is 0 Å². The molecule has 0 atom stereocenters. The molecule has 0 saturated heterocycles. The molecule has 228 valence electrons. The molecule has 0 radical (unpaired) electrons. The molecule has 0 heterocycles. The topological polar surface area (TPSA) is 72.5 Å². The molecule has 0 aliphatic rings. The lowest BCUT2D eigenvalue weighted by Gasteiger charge is -2.08. The van der Waals surface area contributed by atoms with Crippen LogP contribution in [0.25, 0.3) is 0 Å². The van der Waals surface area contributed by atoms with Crippen molar-refractivity contribution in [2.24, 2.45) is 0 Å². The molecule has 0 aromatic heterocycles. The van der Waals surface area contributed by atoms with Crippen molar-refractivity contribution in [3.05, 3.63) is 0 Å². The molecule has 0 aliphatic heterocycles. The summed E-state index contributed by atoms with van der Waals surface area (Å²) in [4.78, 5) is 11.6. The third-order valence-corrected chi connectivity index (χ3v) is 6.36. The largest absolute Gasteiger partial charge is 0.463 e. The molecular weight excluding hydrogens is 484 g/mol. The van der Waals surface area contributed by atoms with Crippen LogP contribution in [0.4, 0.5) is 0 Å². The third-order valence-electron chi connectivity index (χ3n) is 6.36. The molecule has 0 aromatic carbocycles. The fourth-order valence-electron chi connectivity index (χ4n) is 4.01. The first-order chi connectivity index (χ1) is 18.8. The fourth-order valence-corrected chi connectivity index (χ4v) is 4.01. The minimum atomic E-state index is -0.127. The molecule has 38 heavy (non-hydrogen) atoms. The van der Waals surface area contributed by atoms with Crippen molar-refractivity contribution < 1.29 is 33.2 Å². The maximum Gasteiger partial charge on any atom is 0.305 e. The first kappa shape index (κ1) is 37.3. The van der Waals surface area contributed by atoms with E-state index >= 15 is 0 Å². The van der Waals surface area contributed by atoms with Crippen LogP contribution >= 0.6 is 0 Å². The molecule has 0 bridgehead atoms. The second-order valence-corrected chi connectivity index (χ2v) is 9.98. The maximum atomic E-state index is 11.6. The molecule has 0 rings (SSSR count). The van der Waals surface area contributed by atoms with Gasteiger partial charge in [0.15, 0.2) is 0 Å². The molecule has 0 spiro atoms. The molecule has 0 unspecified atom stereocenters. The highest BCUT2D eigenvalue weighted by molar-refractivity contribution is 5.69. The summed E-state index contributed by atoms with van der Waals surface area (Å²) < 4.78 is 32.7. The first-order valence-electron chi connectivity index (χ1n) is 15.9. The van der Waals surface area contributed by atoms with Crippen molar-refractivity contribution in [1.82, 2.24) is 0 Å². The van der Waals surface area contributed by atoms with Crippen LogP contribution in [0.3, 0.4) is 0 Å². The Balaban J connectivity index is 3.09. The Morgan fingerprint density at radius 1 is 0.368 bits per heavy atom. The van der Waals surface area contributed by atoms with Gasteiger partial charge in [0.2, 0.25) is 0 Å². The number of rotatable bonds is 33. The zero-order chi connectivity index (χ0) is 27.6. The van der Waals surface area contributed by atoms with Crippen molar-refractivity contribution in [3.63, 3.8) is 0 Å². The lowest BCUT2D eigenvalue weighted by molar-refractivity contribution is -0.145. The summed E-state index contributed by atoms with van der Waals surface area (Å²) in [5.41, 5.74) is 0. The van der Waals surface area contributed by atoms with Crippen molar-refractivity contribution in [2.45, 2.75) is 123 Å². The summed E-state index contributed by atoms with van der Waals surface area (Å²) in [5, 5.41) is 0. The van der Waals surface area contributed by atoms with Crippen LogP contribution in [-0.4, -0.2) is 78.6 Å². The lowest BCUT2D eigenvalue weighted by atomic mass is 10.1. The van der Waals surface area contributed by atoms with Gasteiger partial charge in [0.25, 0.3) is 0 Å². The van der Waals surface area contributed by atoms with E-state index in [0.717, 1.165) is 25.9 Å². The smallest absolute Gasteiger partial charge is 0.305 e. The molecule has 0 N–H and O–H groups in total. The van der Waals surface area contributed by atoms with E-state index in [2.05, 4.69) is 13.8 Å². The predicted octanol–water partition coefficient (Wildman–Crippen LogP) is 7.28. The maximum absolute atomic E-state index is 11.6. The van der Waals surface area contributed by atoms with E-state index in [9.17, 15) is 4.79 Å².